The van der Waals surface area contributed by atoms with Gasteiger partial charge in [0.1, 0.15) is 22.9 Å². The summed E-state index contributed by atoms with van der Waals surface area (Å²) in [6, 6.07) is 5.25. The van der Waals surface area contributed by atoms with Crippen molar-refractivity contribution in [1.29, 1.82) is 0 Å². The molecule has 1 aromatic carbocycles. The van der Waals surface area contributed by atoms with Gasteiger partial charge in [0, 0.05) is 0 Å². The zero-order valence-corrected chi connectivity index (χ0v) is 18.7. The Balaban J connectivity index is 1.63. The second-order valence-electron chi connectivity index (χ2n) is 8.35. The number of hydrogen-bond donors (Lipinski definition) is 1. The number of nitrogens with zero attached hydrogens (tertiary/aromatic N) is 2. The molecule has 1 aliphatic carbocycles. The molecule has 1 aromatic heterocycles. The molecule has 1 amide bonds. The quantitative estimate of drug-likeness (QED) is 0.683. The molecule has 2 aliphatic heterocycles. The number of fused-ring (bicyclic) bond motifs is 1. The first-order valence-corrected chi connectivity index (χ1v) is 11.4. The number of benzene rings is 1. The van der Waals surface area contributed by atoms with Crippen LogP contribution in [-0.2, 0) is 19.1 Å². The average Bonchev–Trinajstić information content (AvgIpc) is 3.32. The Hall–Kier alpha value is -3.27. The fourth-order valence-electron chi connectivity index (χ4n) is 4.75. The summed E-state index contributed by atoms with van der Waals surface area (Å²) in [5.74, 6) is -2.11. The fraction of sp³-hybridized carbons (Fsp3) is 0.391. The van der Waals surface area contributed by atoms with Crippen molar-refractivity contribution in [3.8, 4) is 5.75 Å². The van der Waals surface area contributed by atoms with Gasteiger partial charge in [-0.05, 0) is 43.9 Å². The molecule has 5 rings (SSSR count). The van der Waals surface area contributed by atoms with E-state index in [1.54, 1.807) is 19.1 Å². The Morgan fingerprint density at radius 1 is 1.27 bits per heavy atom. The summed E-state index contributed by atoms with van der Waals surface area (Å²) >= 11 is 0.984. The minimum absolute atomic E-state index is 0.0285. The van der Waals surface area contributed by atoms with Crippen LogP contribution in [0.5, 0.6) is 5.75 Å². The standard InChI is InChI=1S/C23H21FN2O6S/c1-10-20(22(30)31-2)33-23(25-10)26-17(11-3-6-13(27)7-4-11)16-18(28)14-9-12(24)5-8-15(14)32-19(16)21(26)29/h3-4,6-7,12,14-15,17,27H,5,8-9H2,1-2H3. The van der Waals surface area contributed by atoms with Crippen molar-refractivity contribution in [3.05, 3.63) is 51.7 Å². The molecule has 1 N–H and O–H groups in total. The number of methoxy groups -OCH3 is 1. The van der Waals surface area contributed by atoms with E-state index in [2.05, 4.69) is 4.98 Å². The zero-order valence-electron chi connectivity index (χ0n) is 17.9. The maximum Gasteiger partial charge on any atom is 0.350 e. The number of phenols is 1. The maximum absolute atomic E-state index is 14.1. The molecule has 3 aliphatic rings. The number of alkyl halides is 1. The van der Waals surface area contributed by atoms with Gasteiger partial charge in [0.05, 0.1) is 30.3 Å². The fourth-order valence-corrected chi connectivity index (χ4v) is 5.76. The second-order valence-corrected chi connectivity index (χ2v) is 9.33. The lowest BCUT2D eigenvalue weighted by Crippen LogP contribution is -2.42. The molecule has 3 heterocycles. The van der Waals surface area contributed by atoms with Crippen molar-refractivity contribution < 1.29 is 33.4 Å². The monoisotopic (exact) mass is 472 g/mol. The predicted molar refractivity (Wildman–Crippen MR) is 116 cm³/mol. The van der Waals surface area contributed by atoms with E-state index in [4.69, 9.17) is 9.47 Å². The highest BCUT2D eigenvalue weighted by Crippen LogP contribution is 2.49. The number of aromatic hydroxyl groups is 1. The van der Waals surface area contributed by atoms with E-state index in [1.807, 2.05) is 0 Å². The highest BCUT2D eigenvalue weighted by Gasteiger charge is 2.54. The van der Waals surface area contributed by atoms with Crippen LogP contribution in [0.25, 0.3) is 0 Å². The van der Waals surface area contributed by atoms with Crippen LogP contribution in [0.1, 0.15) is 46.2 Å². The van der Waals surface area contributed by atoms with Gasteiger partial charge in [-0.3, -0.25) is 14.5 Å². The number of carbonyl (C=O) groups is 3. The van der Waals surface area contributed by atoms with Crippen LogP contribution in [0.15, 0.2) is 35.6 Å². The van der Waals surface area contributed by atoms with E-state index < -0.39 is 36.1 Å². The topological polar surface area (TPSA) is 106 Å². The first-order valence-electron chi connectivity index (χ1n) is 10.6. The molecule has 0 saturated heterocycles. The number of anilines is 1. The Morgan fingerprint density at radius 2 is 2.00 bits per heavy atom. The number of Topliss-reactive ketones (excluding diaryl/α,β-unsaturated/α-hetero) is 1. The minimum Gasteiger partial charge on any atom is -0.508 e. The molecule has 1 fully saturated rings. The Bertz CT molecular complexity index is 1190. The number of aromatic nitrogens is 1. The molecule has 8 nitrogen and oxygen atoms in total. The molecule has 4 unspecified atom stereocenters. The summed E-state index contributed by atoms with van der Waals surface area (Å²) in [5, 5.41) is 9.96. The maximum atomic E-state index is 14.1. The van der Waals surface area contributed by atoms with Gasteiger partial charge in [-0.1, -0.05) is 23.5 Å². The molecule has 2 aromatic rings. The highest BCUT2D eigenvalue weighted by atomic mass is 32.1. The van der Waals surface area contributed by atoms with Crippen LogP contribution in [0.4, 0.5) is 9.52 Å². The molecule has 0 spiro atoms. The molecule has 0 bridgehead atoms. The molecular formula is C23H21FN2O6S. The van der Waals surface area contributed by atoms with Crippen molar-refractivity contribution in [2.24, 2.45) is 5.92 Å². The third-order valence-corrected chi connectivity index (χ3v) is 7.49. The van der Waals surface area contributed by atoms with Gasteiger partial charge in [0.25, 0.3) is 5.91 Å². The molecule has 172 valence electrons. The number of aryl methyl sites for hydroxylation is 1. The summed E-state index contributed by atoms with van der Waals surface area (Å²) in [6.45, 7) is 1.63. The summed E-state index contributed by atoms with van der Waals surface area (Å²) in [6.07, 6.45) is -0.944. The van der Waals surface area contributed by atoms with E-state index in [1.165, 1.54) is 24.1 Å². The summed E-state index contributed by atoms with van der Waals surface area (Å²) in [5.41, 5.74) is 1.11. The van der Waals surface area contributed by atoms with Gasteiger partial charge < -0.3 is 14.6 Å². The van der Waals surface area contributed by atoms with Crippen molar-refractivity contribution in [1.82, 2.24) is 4.98 Å². The lowest BCUT2D eigenvalue weighted by Gasteiger charge is -2.36. The van der Waals surface area contributed by atoms with Gasteiger partial charge in [-0.15, -0.1) is 0 Å². The van der Waals surface area contributed by atoms with E-state index in [9.17, 15) is 23.9 Å². The molecular weight excluding hydrogens is 451 g/mol. The SMILES string of the molecule is COC(=O)c1sc(N2C(=O)C3=C(C(=O)C4CC(F)CCC4O3)C2c2ccc(O)cc2)nc1C. The third-order valence-electron chi connectivity index (χ3n) is 6.35. The number of thiazole rings is 1. The highest BCUT2D eigenvalue weighted by molar-refractivity contribution is 7.17. The molecule has 33 heavy (non-hydrogen) atoms. The Morgan fingerprint density at radius 3 is 2.70 bits per heavy atom. The summed E-state index contributed by atoms with van der Waals surface area (Å²) in [7, 11) is 1.26. The number of esters is 1. The summed E-state index contributed by atoms with van der Waals surface area (Å²) in [4.78, 5) is 45.2. The van der Waals surface area contributed by atoms with Crippen LogP contribution in [0.2, 0.25) is 0 Å². The normalized spacial score (nSPS) is 26.7. The van der Waals surface area contributed by atoms with Crippen molar-refractivity contribution in [2.75, 3.05) is 12.0 Å². The average molecular weight is 472 g/mol. The first-order chi connectivity index (χ1) is 15.8. The van der Waals surface area contributed by atoms with Crippen LogP contribution in [0, 0.1) is 12.8 Å². The van der Waals surface area contributed by atoms with Crippen LogP contribution in [0.3, 0.4) is 0 Å². The lowest BCUT2D eigenvalue weighted by molar-refractivity contribution is -0.133. The number of ketones is 1. The number of amides is 1. The number of carbonyl (C=O) groups excluding carboxylic acids is 3. The lowest BCUT2D eigenvalue weighted by atomic mass is 9.77. The van der Waals surface area contributed by atoms with Crippen molar-refractivity contribution in [2.45, 2.75) is 44.5 Å². The van der Waals surface area contributed by atoms with Crippen LogP contribution < -0.4 is 4.90 Å². The van der Waals surface area contributed by atoms with Gasteiger partial charge in [-0.25, -0.2) is 14.2 Å². The van der Waals surface area contributed by atoms with Gasteiger partial charge in [0.15, 0.2) is 16.7 Å². The number of halogens is 1. The van der Waals surface area contributed by atoms with E-state index in [0.717, 1.165) is 11.3 Å². The third kappa shape index (κ3) is 3.40. The number of phenolic OH excluding ortho intramolecular Hbond substituents is 1. The number of hydrogen-bond acceptors (Lipinski definition) is 8. The minimum atomic E-state index is -1.09. The van der Waals surface area contributed by atoms with E-state index in [0.29, 0.717) is 17.7 Å². The smallest absolute Gasteiger partial charge is 0.350 e. The Kier molecular flexibility index (Phi) is 5.19. The summed E-state index contributed by atoms with van der Waals surface area (Å²) < 4.78 is 25.0. The van der Waals surface area contributed by atoms with E-state index >= 15 is 0 Å². The largest absolute Gasteiger partial charge is 0.508 e. The molecule has 0 radical (unpaired) electrons. The van der Waals surface area contributed by atoms with Gasteiger partial charge >= 0.3 is 5.97 Å². The molecule has 4 atom stereocenters. The van der Waals surface area contributed by atoms with Crippen LogP contribution >= 0.6 is 11.3 Å². The first kappa shape index (κ1) is 21.6. The van der Waals surface area contributed by atoms with Gasteiger partial charge in [0.2, 0.25) is 0 Å². The zero-order chi connectivity index (χ0) is 23.4. The van der Waals surface area contributed by atoms with Crippen LogP contribution in [-0.4, -0.2) is 47.1 Å². The van der Waals surface area contributed by atoms with Crippen molar-refractivity contribution >= 4 is 34.1 Å². The molecule has 10 heteroatoms. The van der Waals surface area contributed by atoms with E-state index in [-0.39, 0.29) is 45.7 Å². The van der Waals surface area contributed by atoms with Crippen molar-refractivity contribution in [3.63, 3.8) is 0 Å². The number of rotatable bonds is 3. The van der Waals surface area contributed by atoms with Gasteiger partial charge in [-0.2, -0.15) is 0 Å². The Labute approximate surface area is 192 Å². The number of ether oxygens (including phenoxy) is 2. The predicted octanol–water partition coefficient (Wildman–Crippen LogP) is 3.39. The second kappa shape index (κ2) is 7.95. The molecule has 1 saturated carbocycles.